The monoisotopic (exact) mass is 409 g/mol. The topological polar surface area (TPSA) is 81.7 Å². The number of esters is 2. The van der Waals surface area contributed by atoms with Crippen LogP contribution in [0.15, 0.2) is 60.7 Å². The zero-order valence-corrected chi connectivity index (χ0v) is 15.3. The van der Waals surface area contributed by atoms with E-state index >= 15 is 0 Å². The van der Waals surface area contributed by atoms with Gasteiger partial charge in [0.2, 0.25) is 6.10 Å². The summed E-state index contributed by atoms with van der Waals surface area (Å²) in [6.45, 7) is 1.17. The van der Waals surface area contributed by atoms with Crippen molar-refractivity contribution in [2.24, 2.45) is 0 Å². The molecular weight excluding hydrogens is 391 g/mol. The third-order valence-corrected chi connectivity index (χ3v) is 3.73. The number of nitrogens with one attached hydrogen (secondary N) is 1. The summed E-state index contributed by atoms with van der Waals surface area (Å²) in [6.07, 6.45) is -8.09. The summed E-state index contributed by atoms with van der Waals surface area (Å²) >= 11 is 0. The molecule has 29 heavy (non-hydrogen) atoms. The van der Waals surface area contributed by atoms with E-state index in [0.717, 1.165) is 0 Å². The molecule has 1 amide bonds. The number of carbonyl (C=O) groups excluding carboxylic acids is 3. The minimum absolute atomic E-state index is 0.0251. The lowest BCUT2D eigenvalue weighted by Crippen LogP contribution is -2.56. The third kappa shape index (κ3) is 6.06. The molecule has 0 aliphatic heterocycles. The fourth-order valence-corrected chi connectivity index (χ4v) is 2.39. The van der Waals surface area contributed by atoms with Crippen molar-refractivity contribution in [2.75, 3.05) is 6.61 Å². The molecule has 0 aliphatic carbocycles. The Balaban J connectivity index is 2.33. The van der Waals surface area contributed by atoms with Gasteiger partial charge in [-0.3, -0.25) is 4.79 Å². The summed E-state index contributed by atoms with van der Waals surface area (Å²) in [4.78, 5) is 36.7. The van der Waals surface area contributed by atoms with Crippen LogP contribution in [0.1, 0.15) is 27.6 Å². The summed E-state index contributed by atoms with van der Waals surface area (Å²) in [6, 6.07) is 12.0. The van der Waals surface area contributed by atoms with Gasteiger partial charge in [0.1, 0.15) is 0 Å². The minimum atomic E-state index is -5.15. The number of halogens is 3. The molecule has 0 radical (unpaired) electrons. The molecule has 0 heterocycles. The van der Waals surface area contributed by atoms with Gasteiger partial charge >= 0.3 is 18.1 Å². The van der Waals surface area contributed by atoms with E-state index in [1.54, 1.807) is 12.1 Å². The molecule has 0 bridgehead atoms. The summed E-state index contributed by atoms with van der Waals surface area (Å²) in [5.74, 6) is -3.62. The molecule has 0 saturated carbocycles. The van der Waals surface area contributed by atoms with Gasteiger partial charge in [-0.05, 0) is 31.2 Å². The van der Waals surface area contributed by atoms with Crippen molar-refractivity contribution in [1.82, 2.24) is 5.32 Å². The fourth-order valence-electron chi connectivity index (χ4n) is 2.39. The normalized spacial score (nSPS) is 13.1. The smallest absolute Gasteiger partial charge is 0.428 e. The molecule has 2 aromatic rings. The van der Waals surface area contributed by atoms with Crippen LogP contribution in [-0.2, 0) is 14.3 Å². The number of rotatable bonds is 7. The largest absolute Gasteiger partial charge is 0.464 e. The van der Waals surface area contributed by atoms with Crippen LogP contribution in [0.4, 0.5) is 13.2 Å². The zero-order valence-electron chi connectivity index (χ0n) is 15.3. The number of hydrogen-bond donors (Lipinski definition) is 1. The van der Waals surface area contributed by atoms with Crippen molar-refractivity contribution < 1.29 is 37.0 Å². The third-order valence-electron chi connectivity index (χ3n) is 3.73. The molecule has 0 fully saturated rings. The number of benzene rings is 2. The molecule has 0 aliphatic rings. The summed E-state index contributed by atoms with van der Waals surface area (Å²) in [7, 11) is 0. The van der Waals surface area contributed by atoms with E-state index in [9.17, 15) is 27.6 Å². The highest BCUT2D eigenvalue weighted by Gasteiger charge is 2.52. The summed E-state index contributed by atoms with van der Waals surface area (Å²) in [5, 5.41) is 1.97. The number of hydrogen-bond acceptors (Lipinski definition) is 5. The van der Waals surface area contributed by atoms with Gasteiger partial charge in [-0.15, -0.1) is 0 Å². The highest BCUT2D eigenvalue weighted by atomic mass is 19.4. The van der Waals surface area contributed by atoms with Crippen molar-refractivity contribution >= 4 is 17.8 Å². The number of alkyl halides is 3. The molecule has 2 aromatic carbocycles. The van der Waals surface area contributed by atoms with Crippen LogP contribution in [-0.4, -0.2) is 42.8 Å². The molecular formula is C20H18F3NO5. The molecule has 2 atom stereocenters. The molecule has 1 N–H and O–H groups in total. The molecule has 0 saturated heterocycles. The van der Waals surface area contributed by atoms with Crippen LogP contribution < -0.4 is 5.32 Å². The average molecular weight is 409 g/mol. The van der Waals surface area contributed by atoms with Crippen LogP contribution in [0.5, 0.6) is 0 Å². The Bertz CT molecular complexity index is 840. The van der Waals surface area contributed by atoms with E-state index < -0.39 is 36.2 Å². The van der Waals surface area contributed by atoms with Gasteiger partial charge in [-0.2, -0.15) is 13.2 Å². The number of ether oxygens (including phenoxy) is 2. The standard InChI is InChI=1S/C20H18F3NO5/c1-2-28-19(27)15(24-17(25)13-9-5-3-6-10-13)16(20(21,22)23)29-18(26)14-11-7-4-8-12-14/h3-12,15-16H,2H2,1H3,(H,24,25). The number of amides is 1. The van der Waals surface area contributed by atoms with Gasteiger partial charge in [0.05, 0.1) is 12.2 Å². The second-order valence-electron chi connectivity index (χ2n) is 5.80. The van der Waals surface area contributed by atoms with Crippen molar-refractivity contribution in [2.45, 2.75) is 25.2 Å². The molecule has 2 rings (SSSR count). The Labute approximate surface area is 164 Å². The average Bonchev–Trinajstić information content (AvgIpc) is 2.71. The molecule has 9 heteroatoms. The van der Waals surface area contributed by atoms with Gasteiger partial charge in [0.15, 0.2) is 6.04 Å². The summed E-state index contributed by atoms with van der Waals surface area (Å²) in [5.41, 5.74) is -0.115. The Hall–Kier alpha value is -3.36. The molecule has 6 nitrogen and oxygen atoms in total. The lowest BCUT2D eigenvalue weighted by atomic mass is 10.1. The Morgan fingerprint density at radius 1 is 0.931 bits per heavy atom. The van der Waals surface area contributed by atoms with Gasteiger partial charge in [-0.1, -0.05) is 36.4 Å². The Morgan fingerprint density at radius 2 is 1.45 bits per heavy atom. The van der Waals surface area contributed by atoms with Gasteiger partial charge < -0.3 is 14.8 Å². The van der Waals surface area contributed by atoms with Crippen LogP contribution in [0.25, 0.3) is 0 Å². The Morgan fingerprint density at radius 3 is 1.93 bits per heavy atom. The van der Waals surface area contributed by atoms with Crippen molar-refractivity contribution in [3.63, 3.8) is 0 Å². The quantitative estimate of drug-likeness (QED) is 0.711. The highest BCUT2D eigenvalue weighted by Crippen LogP contribution is 2.27. The molecule has 0 spiro atoms. The maximum absolute atomic E-state index is 13.7. The zero-order chi connectivity index (χ0) is 21.4. The first kappa shape index (κ1) is 21.9. The number of carbonyl (C=O) groups is 3. The predicted octanol–water partition coefficient (Wildman–Crippen LogP) is 3.14. The van der Waals surface area contributed by atoms with E-state index in [1.165, 1.54) is 55.5 Å². The molecule has 2 unspecified atom stereocenters. The van der Waals surface area contributed by atoms with Crippen LogP contribution in [0.2, 0.25) is 0 Å². The van der Waals surface area contributed by atoms with E-state index in [4.69, 9.17) is 0 Å². The first-order chi connectivity index (χ1) is 13.7. The van der Waals surface area contributed by atoms with E-state index in [2.05, 4.69) is 9.47 Å². The lowest BCUT2D eigenvalue weighted by molar-refractivity contribution is -0.216. The van der Waals surface area contributed by atoms with Crippen LogP contribution in [0, 0.1) is 0 Å². The molecule has 154 valence electrons. The molecule has 0 aromatic heterocycles. The SMILES string of the molecule is CCOC(=O)C(NC(=O)c1ccccc1)C(OC(=O)c1ccccc1)C(F)(F)F. The maximum atomic E-state index is 13.7. The summed E-state index contributed by atoms with van der Waals surface area (Å²) < 4.78 is 50.2. The van der Waals surface area contributed by atoms with Crippen molar-refractivity contribution in [3.8, 4) is 0 Å². The van der Waals surface area contributed by atoms with Crippen molar-refractivity contribution in [1.29, 1.82) is 0 Å². The van der Waals surface area contributed by atoms with Gasteiger partial charge in [0.25, 0.3) is 5.91 Å². The Kier molecular flexibility index (Phi) is 7.35. The van der Waals surface area contributed by atoms with E-state index in [0.29, 0.717) is 0 Å². The van der Waals surface area contributed by atoms with Crippen LogP contribution in [0.3, 0.4) is 0 Å². The van der Waals surface area contributed by atoms with Crippen molar-refractivity contribution in [3.05, 3.63) is 71.8 Å². The van der Waals surface area contributed by atoms with Crippen LogP contribution >= 0.6 is 0 Å². The second kappa shape index (κ2) is 9.72. The lowest BCUT2D eigenvalue weighted by Gasteiger charge is -2.28. The second-order valence-corrected chi connectivity index (χ2v) is 5.80. The van der Waals surface area contributed by atoms with E-state index in [-0.39, 0.29) is 17.7 Å². The predicted molar refractivity (Wildman–Crippen MR) is 96.0 cm³/mol. The fraction of sp³-hybridized carbons (Fsp3) is 0.250. The van der Waals surface area contributed by atoms with E-state index in [1.807, 2.05) is 5.32 Å². The van der Waals surface area contributed by atoms with Gasteiger partial charge in [-0.25, -0.2) is 9.59 Å². The van der Waals surface area contributed by atoms with Gasteiger partial charge in [0, 0.05) is 5.56 Å². The first-order valence-electron chi connectivity index (χ1n) is 8.59. The highest BCUT2D eigenvalue weighted by molar-refractivity contribution is 5.97. The maximum Gasteiger partial charge on any atom is 0.428 e. The first-order valence-corrected chi connectivity index (χ1v) is 8.59. The minimum Gasteiger partial charge on any atom is -0.464 e.